The first-order chi connectivity index (χ1) is 22.2. The number of guanidine groups is 1. The van der Waals surface area contributed by atoms with Crippen molar-refractivity contribution in [3.05, 3.63) is 47.2 Å². The number of likely N-dealkylation sites (tertiary alicyclic amines) is 1. The molecule has 3 fully saturated rings. The summed E-state index contributed by atoms with van der Waals surface area (Å²) in [5, 5.41) is 7.38. The van der Waals surface area contributed by atoms with Crippen molar-refractivity contribution >= 4 is 28.1 Å². The van der Waals surface area contributed by atoms with E-state index >= 15 is 0 Å². The normalized spacial score (nSPS) is 33.3. The van der Waals surface area contributed by atoms with Gasteiger partial charge in [-0.1, -0.05) is 13.8 Å². The maximum absolute atomic E-state index is 10.6. The molecule has 11 heteroatoms. The van der Waals surface area contributed by atoms with Crippen molar-refractivity contribution in [2.24, 2.45) is 25.7 Å². The molecule has 5 heterocycles. The van der Waals surface area contributed by atoms with Crippen LogP contribution in [0.3, 0.4) is 0 Å². The summed E-state index contributed by atoms with van der Waals surface area (Å²) in [6, 6.07) is 0.724. The predicted molar refractivity (Wildman–Crippen MR) is 197 cm³/mol. The van der Waals surface area contributed by atoms with Gasteiger partial charge in [0.05, 0.1) is 12.2 Å². The molecule has 0 amide bonds. The molecule has 6 rings (SSSR count). The van der Waals surface area contributed by atoms with Crippen LogP contribution in [-0.4, -0.2) is 100 Å². The van der Waals surface area contributed by atoms with E-state index in [0.29, 0.717) is 30.9 Å². The van der Waals surface area contributed by atoms with Crippen LogP contribution in [0, 0.1) is 11.3 Å². The fraction of sp³-hybridized carbons (Fsp3) is 0.694. The molecular weight excluding hydrogens is 609 g/mol. The van der Waals surface area contributed by atoms with E-state index in [4.69, 9.17) is 19.1 Å². The number of nitrogens with zero attached hydrogens (tertiary/aromatic N) is 6. The van der Waals surface area contributed by atoms with Crippen molar-refractivity contribution < 1.29 is 9.29 Å². The molecule has 5 aliphatic heterocycles. The van der Waals surface area contributed by atoms with Gasteiger partial charge in [-0.05, 0) is 107 Å². The van der Waals surface area contributed by atoms with E-state index in [2.05, 4.69) is 91.4 Å². The maximum Gasteiger partial charge on any atom is 0.228 e. The number of ether oxygens (including phenoxy) is 1. The molecule has 1 unspecified atom stereocenters. The minimum absolute atomic E-state index is 0.168. The van der Waals surface area contributed by atoms with Crippen molar-refractivity contribution in [1.29, 1.82) is 0 Å². The van der Waals surface area contributed by atoms with Gasteiger partial charge in [0, 0.05) is 80.1 Å². The summed E-state index contributed by atoms with van der Waals surface area (Å²) in [5.74, 6) is 3.84. The number of rotatable bonds is 4. The largest absolute Gasteiger partial charge is 0.375 e. The van der Waals surface area contributed by atoms with Crippen LogP contribution in [0.25, 0.3) is 0 Å². The Labute approximate surface area is 284 Å². The maximum atomic E-state index is 10.6. The van der Waals surface area contributed by atoms with Crippen LogP contribution in [0.4, 0.5) is 0 Å². The highest BCUT2D eigenvalue weighted by Crippen LogP contribution is 2.47. The zero-order valence-electron chi connectivity index (χ0n) is 30.0. The van der Waals surface area contributed by atoms with Gasteiger partial charge in [0.15, 0.2) is 0 Å². The zero-order chi connectivity index (χ0) is 33.6. The Bertz CT molecular complexity index is 1440. The van der Waals surface area contributed by atoms with Crippen LogP contribution >= 0.6 is 10.5 Å². The van der Waals surface area contributed by atoms with Gasteiger partial charge in [0.1, 0.15) is 17.5 Å². The summed E-state index contributed by atoms with van der Waals surface area (Å²) >= 11 is 0. The quantitative estimate of drug-likeness (QED) is 0.329. The zero-order valence-corrected chi connectivity index (χ0v) is 30.8. The van der Waals surface area contributed by atoms with E-state index in [0.717, 1.165) is 87.8 Å². The summed E-state index contributed by atoms with van der Waals surface area (Å²) < 4.78 is 22.0. The lowest BCUT2D eigenvalue weighted by molar-refractivity contribution is -0.0407. The Morgan fingerprint density at radius 3 is 2.70 bits per heavy atom. The average molecular weight is 667 g/mol. The van der Waals surface area contributed by atoms with E-state index in [-0.39, 0.29) is 17.1 Å². The second kappa shape index (κ2) is 13.4. The SMILES string of the molecule is CC1CCC(N2CCN(C)[C@H](C)C2)=CC=C1NC1=NC=C2CC(=N1)N(C1=CCCC/C(=N/S(C)(C)O)N1)[C@@H]1CC(C)(C)OC[C@@]2(C)C1. The Morgan fingerprint density at radius 1 is 1.13 bits per heavy atom. The Hall–Kier alpha value is -2.60. The molecule has 4 bridgehead atoms. The van der Waals surface area contributed by atoms with Gasteiger partial charge in [-0.2, -0.15) is 4.99 Å². The average Bonchev–Trinajstić information content (AvgIpc) is 3.49. The first kappa shape index (κ1) is 34.3. The molecular formula is C36H58N8O2S. The molecule has 3 N–H and O–H groups in total. The van der Waals surface area contributed by atoms with Crippen LogP contribution in [-0.2, 0) is 4.74 Å². The van der Waals surface area contributed by atoms with Crippen molar-refractivity contribution in [2.45, 2.75) is 104 Å². The van der Waals surface area contributed by atoms with Gasteiger partial charge in [0.2, 0.25) is 5.96 Å². The highest BCUT2D eigenvalue weighted by atomic mass is 32.3. The van der Waals surface area contributed by atoms with Crippen molar-refractivity contribution in [1.82, 2.24) is 25.3 Å². The monoisotopic (exact) mass is 666 g/mol. The third kappa shape index (κ3) is 8.00. The van der Waals surface area contributed by atoms with Crippen molar-refractivity contribution in [2.75, 3.05) is 45.8 Å². The van der Waals surface area contributed by atoms with Crippen LogP contribution in [0.1, 0.15) is 86.0 Å². The standard InChI is InChI=1S/C36H58N8O2S/c1-25-13-14-28(43-18-17-42(6)26(2)23-43)15-16-30(25)38-34-37-22-27-19-33(40-34)44(29-20-35(3,4)46-24-36(27,5)21-29)32-12-10-9-11-31(39-32)41-47(7,8)45/h12,15-16,22,25-26,29,45H,9-11,13-14,17-21,23-24H2,1-8H3,(H,37,38)(H,39,41)/t25?,26-,29-,36-/m1/s1. The molecule has 10 nitrogen and oxygen atoms in total. The second-order valence-corrected chi connectivity index (χ2v) is 18.5. The number of hydrogen-bond donors (Lipinski definition) is 3. The fourth-order valence-corrected chi connectivity index (χ4v) is 8.46. The van der Waals surface area contributed by atoms with E-state index in [9.17, 15) is 4.55 Å². The van der Waals surface area contributed by atoms with Crippen LogP contribution in [0.5, 0.6) is 0 Å². The van der Waals surface area contributed by atoms with Gasteiger partial charge < -0.3 is 34.6 Å². The number of hydrogen-bond acceptors (Lipinski definition) is 9. The first-order valence-corrected chi connectivity index (χ1v) is 20.0. The molecule has 6 aliphatic rings. The Morgan fingerprint density at radius 2 is 1.94 bits per heavy atom. The minimum atomic E-state index is -2.05. The van der Waals surface area contributed by atoms with Crippen molar-refractivity contribution in [3.63, 3.8) is 0 Å². The first-order valence-electron chi connectivity index (χ1n) is 17.6. The molecule has 4 atom stereocenters. The summed E-state index contributed by atoms with van der Waals surface area (Å²) in [7, 11) is 0.177. The van der Waals surface area contributed by atoms with E-state index in [1.165, 1.54) is 11.3 Å². The molecule has 47 heavy (non-hydrogen) atoms. The fourth-order valence-electron chi connectivity index (χ4n) is 7.79. The molecule has 0 saturated carbocycles. The lowest BCUT2D eigenvalue weighted by atomic mass is 9.77. The Balaban J connectivity index is 1.35. The molecule has 0 aromatic heterocycles. The van der Waals surface area contributed by atoms with Crippen LogP contribution in [0.2, 0.25) is 0 Å². The summed E-state index contributed by atoms with van der Waals surface area (Å²) in [6.07, 6.45) is 20.0. The topological polar surface area (TPSA) is 100 Å². The Kier molecular flexibility index (Phi) is 9.75. The van der Waals surface area contributed by atoms with E-state index < -0.39 is 10.5 Å². The van der Waals surface area contributed by atoms with E-state index in [1.807, 2.05) is 12.5 Å². The summed E-state index contributed by atoms with van der Waals surface area (Å²) in [5.41, 5.74) is 3.40. The van der Waals surface area contributed by atoms with E-state index in [1.54, 1.807) is 0 Å². The highest BCUT2D eigenvalue weighted by molar-refractivity contribution is 8.27. The number of piperazine rings is 1. The second-order valence-electron chi connectivity index (χ2n) is 15.8. The third-order valence-corrected chi connectivity index (χ3v) is 11.5. The number of aliphatic imine (C=N–C) groups is 2. The molecule has 0 spiro atoms. The third-order valence-electron chi connectivity index (χ3n) is 10.8. The number of nitrogens with one attached hydrogen (secondary N) is 2. The summed E-state index contributed by atoms with van der Waals surface area (Å²) in [4.78, 5) is 17.8. The molecule has 0 aromatic carbocycles. The molecule has 1 aliphatic carbocycles. The summed E-state index contributed by atoms with van der Waals surface area (Å²) in [6.45, 7) is 15.3. The molecule has 0 aromatic rings. The van der Waals surface area contributed by atoms with Crippen LogP contribution < -0.4 is 10.6 Å². The van der Waals surface area contributed by atoms with Gasteiger partial charge >= 0.3 is 0 Å². The van der Waals surface area contributed by atoms with Crippen molar-refractivity contribution in [3.8, 4) is 0 Å². The van der Waals surface area contributed by atoms with Crippen LogP contribution in [0.15, 0.2) is 61.6 Å². The number of amidine groups is 2. The number of fused-ring (bicyclic) bond motifs is 5. The minimum Gasteiger partial charge on any atom is -0.375 e. The van der Waals surface area contributed by atoms with Gasteiger partial charge in [-0.25, -0.2) is 9.39 Å². The number of allylic oxidation sites excluding steroid dienone is 5. The highest BCUT2D eigenvalue weighted by Gasteiger charge is 2.47. The van der Waals surface area contributed by atoms with Gasteiger partial charge in [0.25, 0.3) is 0 Å². The smallest absolute Gasteiger partial charge is 0.228 e. The van der Waals surface area contributed by atoms with Gasteiger partial charge in [-0.15, -0.1) is 0 Å². The van der Waals surface area contributed by atoms with Gasteiger partial charge in [-0.3, -0.25) is 0 Å². The number of likely N-dealkylation sites (N-methyl/N-ethyl adjacent to an activating group) is 1. The molecule has 0 radical (unpaired) electrons. The lowest BCUT2D eigenvalue weighted by Gasteiger charge is -2.40. The predicted octanol–water partition coefficient (Wildman–Crippen LogP) is 6.20. The molecule has 260 valence electrons. The molecule has 3 saturated heterocycles. The lowest BCUT2D eigenvalue weighted by Crippen LogP contribution is -2.49.